The van der Waals surface area contributed by atoms with E-state index in [0.29, 0.717) is 13.2 Å². The highest BCUT2D eigenvalue weighted by molar-refractivity contribution is 5.75. The van der Waals surface area contributed by atoms with Crippen LogP contribution < -0.4 is 4.74 Å². The van der Waals surface area contributed by atoms with Crippen LogP contribution in [0, 0.1) is 5.92 Å². The monoisotopic (exact) mass is 384 g/mol. The van der Waals surface area contributed by atoms with Gasteiger partial charge in [0.1, 0.15) is 5.75 Å². The van der Waals surface area contributed by atoms with Gasteiger partial charge in [0.25, 0.3) is 5.79 Å². The molecule has 0 aliphatic carbocycles. The summed E-state index contributed by atoms with van der Waals surface area (Å²) >= 11 is 0. The third kappa shape index (κ3) is 5.33. The Labute approximate surface area is 166 Å². The third-order valence-corrected chi connectivity index (χ3v) is 5.20. The number of benzene rings is 2. The molecule has 3 unspecified atom stereocenters. The highest BCUT2D eigenvalue weighted by atomic mass is 16.7. The SMILES string of the molecule is CC1OC(C)(C(=O)O)OCC1CCCOc1ccc(Cc2ccccc2)cc1. The zero-order valence-electron chi connectivity index (χ0n) is 16.5. The fraction of sp³-hybridized carbons (Fsp3) is 0.435. The molecule has 0 radical (unpaired) electrons. The summed E-state index contributed by atoms with van der Waals surface area (Å²) in [5, 5.41) is 9.17. The third-order valence-electron chi connectivity index (χ3n) is 5.20. The average Bonchev–Trinajstić information content (AvgIpc) is 2.68. The Bertz CT molecular complexity index is 758. The van der Waals surface area contributed by atoms with E-state index in [1.54, 1.807) is 0 Å². The molecule has 2 aromatic carbocycles. The lowest BCUT2D eigenvalue weighted by molar-refractivity contribution is -0.292. The highest BCUT2D eigenvalue weighted by Crippen LogP contribution is 2.29. The number of rotatable bonds is 8. The van der Waals surface area contributed by atoms with Crippen LogP contribution in [-0.4, -0.2) is 36.2 Å². The summed E-state index contributed by atoms with van der Waals surface area (Å²) in [6, 6.07) is 18.6. The van der Waals surface area contributed by atoms with Crippen molar-refractivity contribution in [1.29, 1.82) is 0 Å². The minimum atomic E-state index is -1.53. The quantitative estimate of drug-likeness (QED) is 0.688. The van der Waals surface area contributed by atoms with Crippen molar-refractivity contribution in [3.63, 3.8) is 0 Å². The summed E-state index contributed by atoms with van der Waals surface area (Å²) < 4.78 is 16.8. The van der Waals surface area contributed by atoms with Gasteiger partial charge in [0.2, 0.25) is 0 Å². The molecule has 28 heavy (non-hydrogen) atoms. The van der Waals surface area contributed by atoms with E-state index in [0.717, 1.165) is 25.0 Å². The van der Waals surface area contributed by atoms with Gasteiger partial charge in [-0.15, -0.1) is 0 Å². The number of aliphatic carboxylic acids is 1. The van der Waals surface area contributed by atoms with Gasteiger partial charge < -0.3 is 19.3 Å². The zero-order chi connectivity index (χ0) is 20.0. The topological polar surface area (TPSA) is 65.0 Å². The molecule has 3 rings (SSSR count). The maximum Gasteiger partial charge on any atom is 0.364 e. The Morgan fingerprint density at radius 1 is 1.14 bits per heavy atom. The van der Waals surface area contributed by atoms with E-state index in [-0.39, 0.29) is 12.0 Å². The van der Waals surface area contributed by atoms with Crippen LogP contribution in [0.1, 0.15) is 37.8 Å². The molecule has 0 spiro atoms. The van der Waals surface area contributed by atoms with Crippen molar-refractivity contribution in [1.82, 2.24) is 0 Å². The maximum atomic E-state index is 11.2. The van der Waals surface area contributed by atoms with Gasteiger partial charge in [-0.2, -0.15) is 0 Å². The summed E-state index contributed by atoms with van der Waals surface area (Å²) in [6.07, 6.45) is 2.48. The molecule has 1 aliphatic heterocycles. The van der Waals surface area contributed by atoms with Gasteiger partial charge in [-0.25, -0.2) is 4.79 Å². The summed E-state index contributed by atoms with van der Waals surface area (Å²) in [6.45, 7) is 4.35. The molecule has 1 heterocycles. The van der Waals surface area contributed by atoms with Crippen molar-refractivity contribution in [3.05, 3.63) is 65.7 Å². The molecule has 0 amide bonds. The van der Waals surface area contributed by atoms with E-state index in [4.69, 9.17) is 14.2 Å². The fourth-order valence-corrected chi connectivity index (χ4v) is 3.39. The second-order valence-electron chi connectivity index (χ2n) is 7.44. The Morgan fingerprint density at radius 2 is 1.82 bits per heavy atom. The van der Waals surface area contributed by atoms with Gasteiger partial charge >= 0.3 is 5.97 Å². The van der Waals surface area contributed by atoms with Crippen LogP contribution in [0.4, 0.5) is 0 Å². The lowest BCUT2D eigenvalue weighted by Gasteiger charge is -2.39. The first-order valence-corrected chi connectivity index (χ1v) is 9.77. The van der Waals surface area contributed by atoms with Crippen LogP contribution in [0.25, 0.3) is 0 Å². The van der Waals surface area contributed by atoms with Gasteiger partial charge in [0.05, 0.1) is 19.3 Å². The minimum absolute atomic E-state index is 0.160. The number of carboxylic acids is 1. The average molecular weight is 384 g/mol. The molecule has 0 aromatic heterocycles. The predicted octanol–water partition coefficient (Wildman–Crippen LogP) is 4.29. The Kier molecular flexibility index (Phi) is 6.70. The molecule has 1 saturated heterocycles. The van der Waals surface area contributed by atoms with Gasteiger partial charge in [-0.05, 0) is 49.4 Å². The molecular formula is C23H28O5. The fourth-order valence-electron chi connectivity index (χ4n) is 3.39. The molecule has 1 N–H and O–H groups in total. The van der Waals surface area contributed by atoms with Gasteiger partial charge in [-0.3, -0.25) is 0 Å². The largest absolute Gasteiger partial charge is 0.494 e. The highest BCUT2D eigenvalue weighted by Gasteiger charge is 2.43. The number of ether oxygens (including phenoxy) is 3. The first-order chi connectivity index (χ1) is 13.5. The van der Waals surface area contributed by atoms with Crippen LogP contribution in [-0.2, 0) is 20.7 Å². The molecule has 5 heteroatoms. The predicted molar refractivity (Wildman–Crippen MR) is 106 cm³/mol. The molecule has 3 atom stereocenters. The first kappa shape index (κ1) is 20.4. The van der Waals surface area contributed by atoms with E-state index < -0.39 is 11.8 Å². The first-order valence-electron chi connectivity index (χ1n) is 9.77. The molecule has 2 aromatic rings. The van der Waals surface area contributed by atoms with E-state index in [1.807, 2.05) is 25.1 Å². The van der Waals surface area contributed by atoms with Gasteiger partial charge in [-0.1, -0.05) is 42.5 Å². The molecule has 1 aliphatic rings. The molecule has 0 bridgehead atoms. The van der Waals surface area contributed by atoms with Crippen molar-refractivity contribution in [3.8, 4) is 5.75 Å². The summed E-state index contributed by atoms with van der Waals surface area (Å²) in [4.78, 5) is 11.2. The van der Waals surface area contributed by atoms with Crippen molar-refractivity contribution < 1.29 is 24.1 Å². The van der Waals surface area contributed by atoms with Crippen molar-refractivity contribution in [2.75, 3.05) is 13.2 Å². The second-order valence-corrected chi connectivity index (χ2v) is 7.44. The lowest BCUT2D eigenvalue weighted by Crippen LogP contribution is -2.51. The van der Waals surface area contributed by atoms with Gasteiger partial charge in [0.15, 0.2) is 0 Å². The van der Waals surface area contributed by atoms with E-state index >= 15 is 0 Å². The molecule has 150 valence electrons. The van der Waals surface area contributed by atoms with E-state index in [2.05, 4.69) is 36.4 Å². The molecular weight excluding hydrogens is 356 g/mol. The van der Waals surface area contributed by atoms with Crippen molar-refractivity contribution >= 4 is 5.97 Å². The van der Waals surface area contributed by atoms with Crippen LogP contribution >= 0.6 is 0 Å². The van der Waals surface area contributed by atoms with Crippen LogP contribution in [0.5, 0.6) is 5.75 Å². The van der Waals surface area contributed by atoms with Crippen LogP contribution in [0.2, 0.25) is 0 Å². The van der Waals surface area contributed by atoms with E-state index in [9.17, 15) is 9.90 Å². The lowest BCUT2D eigenvalue weighted by atomic mass is 9.97. The summed E-state index contributed by atoms with van der Waals surface area (Å²) in [7, 11) is 0. The number of carboxylic acid groups (broad SMARTS) is 1. The smallest absolute Gasteiger partial charge is 0.364 e. The Hall–Kier alpha value is -2.37. The maximum absolute atomic E-state index is 11.2. The number of carbonyl (C=O) groups is 1. The van der Waals surface area contributed by atoms with Crippen molar-refractivity contribution in [2.45, 2.75) is 45.0 Å². The molecule has 5 nitrogen and oxygen atoms in total. The summed E-state index contributed by atoms with van der Waals surface area (Å²) in [5.74, 6) is -1.59. The standard InChI is InChI=1S/C23H28O5/c1-17-20(16-27-23(2,28-17)22(24)25)9-6-14-26-21-12-10-19(11-13-21)15-18-7-4-3-5-8-18/h3-5,7-8,10-13,17,20H,6,9,14-16H2,1-2H3,(H,24,25). The second kappa shape index (κ2) is 9.22. The number of hydrogen-bond acceptors (Lipinski definition) is 4. The summed E-state index contributed by atoms with van der Waals surface area (Å²) in [5.41, 5.74) is 2.55. The van der Waals surface area contributed by atoms with E-state index in [1.165, 1.54) is 18.1 Å². The normalized spacial score (nSPS) is 24.6. The zero-order valence-corrected chi connectivity index (χ0v) is 16.5. The Balaban J connectivity index is 1.39. The van der Waals surface area contributed by atoms with Crippen LogP contribution in [0.15, 0.2) is 54.6 Å². The van der Waals surface area contributed by atoms with Crippen molar-refractivity contribution in [2.24, 2.45) is 5.92 Å². The molecule has 1 fully saturated rings. The van der Waals surface area contributed by atoms with Gasteiger partial charge in [0, 0.05) is 12.8 Å². The Morgan fingerprint density at radius 3 is 2.46 bits per heavy atom. The molecule has 0 saturated carbocycles. The number of hydrogen-bond donors (Lipinski definition) is 1. The van der Waals surface area contributed by atoms with Crippen LogP contribution in [0.3, 0.4) is 0 Å². The minimum Gasteiger partial charge on any atom is -0.494 e.